The maximum atomic E-state index is 5.36. The SMILES string of the molecule is CCNC(=NCCc1cc(OC)ccc1OC)NCC. The highest BCUT2D eigenvalue weighted by atomic mass is 16.5. The van der Waals surface area contributed by atoms with Gasteiger partial charge in [-0.15, -0.1) is 0 Å². The minimum Gasteiger partial charge on any atom is -0.497 e. The first-order valence-corrected chi connectivity index (χ1v) is 6.98. The lowest BCUT2D eigenvalue weighted by molar-refractivity contribution is 0.399. The standard InChI is InChI=1S/C15H25N3O2/c1-5-16-15(17-6-2)18-10-9-12-11-13(19-3)7-8-14(12)20-4/h7-8,11H,5-6,9-10H2,1-4H3,(H2,16,17,18). The predicted molar refractivity (Wildman–Crippen MR) is 82.9 cm³/mol. The fourth-order valence-electron chi connectivity index (χ4n) is 1.87. The Morgan fingerprint density at radius 2 is 1.80 bits per heavy atom. The summed E-state index contributed by atoms with van der Waals surface area (Å²) in [7, 11) is 3.34. The zero-order valence-corrected chi connectivity index (χ0v) is 12.8. The molecule has 1 rings (SSSR count). The molecular weight excluding hydrogens is 254 g/mol. The Labute approximate surface area is 121 Å². The van der Waals surface area contributed by atoms with Crippen LogP contribution < -0.4 is 20.1 Å². The number of rotatable bonds is 7. The van der Waals surface area contributed by atoms with Crippen molar-refractivity contribution in [3.05, 3.63) is 23.8 Å². The second-order valence-corrected chi connectivity index (χ2v) is 4.22. The minimum atomic E-state index is 0.693. The molecule has 0 heterocycles. The molecule has 0 atom stereocenters. The highest BCUT2D eigenvalue weighted by Gasteiger charge is 2.05. The Hall–Kier alpha value is -1.91. The summed E-state index contributed by atoms with van der Waals surface area (Å²) in [6.45, 7) is 6.51. The maximum absolute atomic E-state index is 5.36. The number of ether oxygens (including phenoxy) is 2. The molecule has 1 aromatic carbocycles. The van der Waals surface area contributed by atoms with Gasteiger partial charge in [-0.25, -0.2) is 0 Å². The zero-order chi connectivity index (χ0) is 14.8. The van der Waals surface area contributed by atoms with E-state index >= 15 is 0 Å². The first-order chi connectivity index (χ1) is 9.74. The summed E-state index contributed by atoms with van der Waals surface area (Å²) in [6, 6.07) is 5.82. The largest absolute Gasteiger partial charge is 0.497 e. The van der Waals surface area contributed by atoms with Crippen LogP contribution in [0.1, 0.15) is 19.4 Å². The minimum absolute atomic E-state index is 0.693. The van der Waals surface area contributed by atoms with Gasteiger partial charge in [-0.3, -0.25) is 4.99 Å². The normalized spacial score (nSPS) is 9.80. The Balaban J connectivity index is 2.69. The summed E-state index contributed by atoms with van der Waals surface area (Å²) in [5.41, 5.74) is 1.10. The molecule has 20 heavy (non-hydrogen) atoms. The first kappa shape index (κ1) is 16.1. The summed E-state index contributed by atoms with van der Waals surface area (Å²) in [6.07, 6.45) is 0.806. The second-order valence-electron chi connectivity index (χ2n) is 4.22. The molecule has 0 aliphatic carbocycles. The van der Waals surface area contributed by atoms with E-state index in [2.05, 4.69) is 29.5 Å². The molecule has 0 aromatic heterocycles. The molecule has 0 amide bonds. The number of guanidine groups is 1. The van der Waals surface area contributed by atoms with E-state index in [0.717, 1.165) is 42.5 Å². The highest BCUT2D eigenvalue weighted by Crippen LogP contribution is 2.24. The monoisotopic (exact) mass is 279 g/mol. The van der Waals surface area contributed by atoms with Gasteiger partial charge in [-0.05, 0) is 44.0 Å². The molecule has 0 aliphatic heterocycles. The smallest absolute Gasteiger partial charge is 0.191 e. The average molecular weight is 279 g/mol. The lowest BCUT2D eigenvalue weighted by Crippen LogP contribution is -2.37. The van der Waals surface area contributed by atoms with E-state index in [1.165, 1.54) is 0 Å². The second kappa shape index (κ2) is 9.07. The number of nitrogens with zero attached hydrogens (tertiary/aromatic N) is 1. The Kier molecular flexibility index (Phi) is 7.32. The van der Waals surface area contributed by atoms with Gasteiger partial charge in [0.2, 0.25) is 0 Å². The van der Waals surface area contributed by atoms with E-state index in [0.29, 0.717) is 6.54 Å². The number of aliphatic imine (C=N–C) groups is 1. The van der Waals surface area contributed by atoms with Gasteiger partial charge >= 0.3 is 0 Å². The van der Waals surface area contributed by atoms with Gasteiger partial charge in [0, 0.05) is 19.6 Å². The van der Waals surface area contributed by atoms with E-state index in [1.807, 2.05) is 18.2 Å². The molecule has 0 unspecified atom stereocenters. The summed E-state index contributed by atoms with van der Waals surface area (Å²) in [5.74, 6) is 2.55. The van der Waals surface area contributed by atoms with Crippen molar-refractivity contribution in [1.29, 1.82) is 0 Å². The molecule has 0 spiro atoms. The van der Waals surface area contributed by atoms with Gasteiger partial charge in [0.25, 0.3) is 0 Å². The van der Waals surface area contributed by atoms with Gasteiger partial charge < -0.3 is 20.1 Å². The van der Waals surface area contributed by atoms with Crippen molar-refractivity contribution in [3.8, 4) is 11.5 Å². The Morgan fingerprint density at radius 1 is 1.10 bits per heavy atom. The third-order valence-corrected chi connectivity index (χ3v) is 2.83. The number of benzene rings is 1. The van der Waals surface area contributed by atoms with Crippen molar-refractivity contribution in [3.63, 3.8) is 0 Å². The summed E-state index contributed by atoms with van der Waals surface area (Å²) in [4.78, 5) is 4.53. The molecule has 0 bridgehead atoms. The van der Waals surface area contributed by atoms with Gasteiger partial charge in [0.1, 0.15) is 11.5 Å². The van der Waals surface area contributed by atoms with E-state index in [-0.39, 0.29) is 0 Å². The van der Waals surface area contributed by atoms with Crippen molar-refractivity contribution >= 4 is 5.96 Å². The van der Waals surface area contributed by atoms with E-state index in [1.54, 1.807) is 14.2 Å². The average Bonchev–Trinajstić information content (AvgIpc) is 2.47. The first-order valence-electron chi connectivity index (χ1n) is 6.98. The maximum Gasteiger partial charge on any atom is 0.191 e. The van der Waals surface area contributed by atoms with Crippen LogP contribution in [0.5, 0.6) is 11.5 Å². The summed E-state index contributed by atoms with van der Waals surface area (Å²) in [5, 5.41) is 6.41. The van der Waals surface area contributed by atoms with Crippen molar-refractivity contribution in [2.75, 3.05) is 33.9 Å². The molecule has 1 aromatic rings. The molecule has 0 saturated heterocycles. The summed E-state index contributed by atoms with van der Waals surface area (Å²) >= 11 is 0. The fraction of sp³-hybridized carbons (Fsp3) is 0.533. The van der Waals surface area contributed by atoms with Gasteiger partial charge in [0.15, 0.2) is 5.96 Å². The third kappa shape index (κ3) is 4.99. The van der Waals surface area contributed by atoms with Gasteiger partial charge in [-0.2, -0.15) is 0 Å². The molecule has 5 nitrogen and oxygen atoms in total. The fourth-order valence-corrected chi connectivity index (χ4v) is 1.87. The van der Waals surface area contributed by atoms with Crippen molar-refractivity contribution < 1.29 is 9.47 Å². The van der Waals surface area contributed by atoms with Crippen LogP contribution in [0.2, 0.25) is 0 Å². The van der Waals surface area contributed by atoms with Crippen molar-refractivity contribution in [1.82, 2.24) is 10.6 Å². The van der Waals surface area contributed by atoms with Crippen LogP contribution in [0.15, 0.2) is 23.2 Å². The lowest BCUT2D eigenvalue weighted by Gasteiger charge is -2.11. The molecule has 0 fully saturated rings. The number of nitrogens with one attached hydrogen (secondary N) is 2. The van der Waals surface area contributed by atoms with Crippen LogP contribution in [0, 0.1) is 0 Å². The number of hydrogen-bond acceptors (Lipinski definition) is 3. The van der Waals surface area contributed by atoms with Gasteiger partial charge in [-0.1, -0.05) is 0 Å². The molecule has 5 heteroatoms. The zero-order valence-electron chi connectivity index (χ0n) is 12.8. The molecule has 2 N–H and O–H groups in total. The van der Waals surface area contributed by atoms with Gasteiger partial charge in [0.05, 0.1) is 14.2 Å². The third-order valence-electron chi connectivity index (χ3n) is 2.83. The van der Waals surface area contributed by atoms with Crippen LogP contribution in [0.3, 0.4) is 0 Å². The quantitative estimate of drug-likeness (QED) is 0.590. The highest BCUT2D eigenvalue weighted by molar-refractivity contribution is 5.79. The van der Waals surface area contributed by atoms with Crippen LogP contribution in [-0.2, 0) is 6.42 Å². The van der Waals surface area contributed by atoms with Crippen LogP contribution in [-0.4, -0.2) is 39.8 Å². The lowest BCUT2D eigenvalue weighted by atomic mass is 10.1. The topological polar surface area (TPSA) is 54.9 Å². The van der Waals surface area contributed by atoms with Crippen LogP contribution >= 0.6 is 0 Å². The molecular formula is C15H25N3O2. The van der Waals surface area contributed by atoms with Crippen molar-refractivity contribution in [2.24, 2.45) is 4.99 Å². The molecule has 0 radical (unpaired) electrons. The number of hydrogen-bond donors (Lipinski definition) is 2. The summed E-state index contributed by atoms with van der Waals surface area (Å²) < 4.78 is 10.6. The molecule has 112 valence electrons. The van der Waals surface area contributed by atoms with Crippen LogP contribution in [0.4, 0.5) is 0 Å². The number of methoxy groups -OCH3 is 2. The van der Waals surface area contributed by atoms with E-state index < -0.39 is 0 Å². The Morgan fingerprint density at radius 3 is 2.35 bits per heavy atom. The molecule has 0 aliphatic rings. The van der Waals surface area contributed by atoms with Crippen LogP contribution in [0.25, 0.3) is 0 Å². The van der Waals surface area contributed by atoms with Crippen molar-refractivity contribution in [2.45, 2.75) is 20.3 Å². The van der Waals surface area contributed by atoms with E-state index in [9.17, 15) is 0 Å². The van der Waals surface area contributed by atoms with E-state index in [4.69, 9.17) is 9.47 Å². The Bertz CT molecular complexity index is 425. The molecule has 0 saturated carbocycles. The predicted octanol–water partition coefficient (Wildman–Crippen LogP) is 1.82.